The molecule has 0 saturated carbocycles. The third kappa shape index (κ3) is 3.06. The molecule has 1 aromatic heterocycles. The number of halogens is 1. The lowest BCUT2D eigenvalue weighted by atomic mass is 10.1. The first-order valence-electron chi connectivity index (χ1n) is 6.68. The summed E-state index contributed by atoms with van der Waals surface area (Å²) in [5, 5.41) is 18.1. The Morgan fingerprint density at radius 3 is 2.91 bits per heavy atom. The van der Waals surface area contributed by atoms with Crippen molar-refractivity contribution in [2.75, 3.05) is 0 Å². The Bertz CT molecular complexity index is 785. The van der Waals surface area contributed by atoms with Gasteiger partial charge in [-0.15, -0.1) is 21.5 Å². The summed E-state index contributed by atoms with van der Waals surface area (Å²) in [5.41, 5.74) is 0.935. The van der Waals surface area contributed by atoms with Crippen molar-refractivity contribution < 1.29 is 4.79 Å². The number of carbonyl (C=O) groups excluding carboxylic acids is 1. The van der Waals surface area contributed by atoms with Crippen LogP contribution in [0.15, 0.2) is 33.6 Å². The molecule has 112 valence electrons. The summed E-state index contributed by atoms with van der Waals surface area (Å²) >= 11 is 6.05. The van der Waals surface area contributed by atoms with Crippen LogP contribution in [0.3, 0.4) is 0 Å². The van der Waals surface area contributed by atoms with Gasteiger partial charge in [-0.1, -0.05) is 46.7 Å². The summed E-state index contributed by atoms with van der Waals surface area (Å²) in [6.45, 7) is 2.00. The second-order valence-corrected chi connectivity index (χ2v) is 7.81. The van der Waals surface area contributed by atoms with Gasteiger partial charge in [0.15, 0.2) is 5.78 Å². The minimum absolute atomic E-state index is 0.0613. The number of thioether (sulfide) groups is 1. The van der Waals surface area contributed by atoms with Crippen LogP contribution in [0, 0.1) is 5.41 Å². The Hall–Kier alpha value is -1.31. The van der Waals surface area contributed by atoms with Gasteiger partial charge in [0.25, 0.3) is 0 Å². The fourth-order valence-electron chi connectivity index (χ4n) is 2.09. The average Bonchev–Trinajstić information content (AvgIpc) is 3.04. The molecule has 4 nitrogen and oxygen atoms in total. The summed E-state index contributed by atoms with van der Waals surface area (Å²) in [6.07, 6.45) is 2.62. The fourth-order valence-corrected chi connectivity index (χ4v) is 4.46. The first-order valence-corrected chi connectivity index (χ1v) is 9.11. The molecule has 2 heterocycles. The van der Waals surface area contributed by atoms with E-state index in [9.17, 15) is 4.79 Å². The van der Waals surface area contributed by atoms with Crippen molar-refractivity contribution in [3.05, 3.63) is 49.2 Å². The van der Waals surface area contributed by atoms with Crippen molar-refractivity contribution >= 4 is 55.9 Å². The number of carbonyl (C=O) groups is 1. The van der Waals surface area contributed by atoms with Gasteiger partial charge in [0, 0.05) is 4.47 Å². The number of benzene rings is 1. The summed E-state index contributed by atoms with van der Waals surface area (Å²) < 4.78 is 0.959. The quantitative estimate of drug-likeness (QED) is 0.790. The van der Waals surface area contributed by atoms with Crippen LogP contribution >= 0.6 is 39.0 Å². The third-order valence-corrected chi connectivity index (χ3v) is 5.79. The predicted molar refractivity (Wildman–Crippen MR) is 94.5 cm³/mol. The number of hydrogen-bond donors (Lipinski definition) is 1. The Morgan fingerprint density at radius 2 is 2.23 bits per heavy atom. The molecule has 1 fully saturated rings. The first kappa shape index (κ1) is 15.6. The average molecular weight is 394 g/mol. The van der Waals surface area contributed by atoms with Gasteiger partial charge in [-0.25, -0.2) is 0 Å². The summed E-state index contributed by atoms with van der Waals surface area (Å²) in [7, 11) is 0. The van der Waals surface area contributed by atoms with Crippen LogP contribution in [0.25, 0.3) is 6.08 Å². The molecule has 1 N–H and O–H groups in total. The van der Waals surface area contributed by atoms with Gasteiger partial charge < -0.3 is 0 Å². The topological polar surface area (TPSA) is 66.7 Å². The maximum absolute atomic E-state index is 12.6. The third-order valence-electron chi connectivity index (χ3n) is 3.17. The van der Waals surface area contributed by atoms with E-state index in [1.54, 1.807) is 0 Å². The van der Waals surface area contributed by atoms with E-state index in [1.165, 1.54) is 23.1 Å². The van der Waals surface area contributed by atoms with E-state index in [-0.39, 0.29) is 5.78 Å². The van der Waals surface area contributed by atoms with Crippen LogP contribution in [0.1, 0.15) is 28.4 Å². The molecule has 2 aromatic rings. The zero-order valence-corrected chi connectivity index (χ0v) is 14.9. The molecular weight excluding hydrogens is 382 g/mol. The molecule has 7 heteroatoms. The lowest BCUT2D eigenvalue weighted by Gasteiger charge is -2.00. The molecule has 1 aromatic carbocycles. The van der Waals surface area contributed by atoms with E-state index in [0.29, 0.717) is 15.0 Å². The molecular formula is C15H12BrN3OS2. The number of allylic oxidation sites excluding steroid dienone is 1. The summed E-state index contributed by atoms with van der Waals surface area (Å²) in [6, 6.07) is 7.73. The standard InChI is InChI=1S/C15H12BrN3OS2/c1-2-11-18-19-15(22-11)12-13(20)10(21-14(12)17)7-8-4-3-5-9(16)6-8/h3-7,12,17H,2H2,1H3/b10-7-,17-14?/t12-/m0/s1. The van der Waals surface area contributed by atoms with E-state index >= 15 is 0 Å². The van der Waals surface area contributed by atoms with Gasteiger partial charge in [0.2, 0.25) is 0 Å². The van der Waals surface area contributed by atoms with Gasteiger partial charge in [0.1, 0.15) is 15.9 Å². The molecule has 0 spiro atoms. The second kappa shape index (κ2) is 6.44. The van der Waals surface area contributed by atoms with Crippen molar-refractivity contribution in [1.29, 1.82) is 5.41 Å². The van der Waals surface area contributed by atoms with Gasteiger partial charge in [-0.3, -0.25) is 10.2 Å². The van der Waals surface area contributed by atoms with Crippen LogP contribution in [0.2, 0.25) is 0 Å². The molecule has 0 unspecified atom stereocenters. The molecule has 0 amide bonds. The summed E-state index contributed by atoms with van der Waals surface area (Å²) in [4.78, 5) is 13.2. The van der Waals surface area contributed by atoms with Crippen molar-refractivity contribution in [3.63, 3.8) is 0 Å². The van der Waals surface area contributed by atoms with Crippen LogP contribution in [-0.4, -0.2) is 21.0 Å². The lowest BCUT2D eigenvalue weighted by Crippen LogP contribution is -2.11. The molecule has 1 aliphatic heterocycles. The van der Waals surface area contributed by atoms with Crippen molar-refractivity contribution in [2.45, 2.75) is 19.3 Å². The molecule has 3 rings (SSSR count). The van der Waals surface area contributed by atoms with Crippen LogP contribution in [0.4, 0.5) is 0 Å². The minimum atomic E-state index is -0.582. The Labute approximate surface area is 144 Å². The van der Waals surface area contributed by atoms with Crippen molar-refractivity contribution in [1.82, 2.24) is 10.2 Å². The number of nitrogens with zero attached hydrogens (tertiary/aromatic N) is 2. The van der Waals surface area contributed by atoms with Crippen LogP contribution in [-0.2, 0) is 11.2 Å². The number of hydrogen-bond acceptors (Lipinski definition) is 6. The maximum Gasteiger partial charge on any atom is 0.186 e. The largest absolute Gasteiger partial charge is 0.297 e. The highest BCUT2D eigenvalue weighted by atomic mass is 79.9. The fraction of sp³-hybridized carbons (Fsp3) is 0.200. The highest BCUT2D eigenvalue weighted by Crippen LogP contribution is 2.41. The van der Waals surface area contributed by atoms with E-state index in [4.69, 9.17) is 5.41 Å². The summed E-state index contributed by atoms with van der Waals surface area (Å²) in [5.74, 6) is -0.644. The first-order chi connectivity index (χ1) is 10.6. The normalized spacial score (nSPS) is 20.1. The van der Waals surface area contributed by atoms with Gasteiger partial charge in [-0.05, 0) is 30.2 Å². The molecule has 1 saturated heterocycles. The Kier molecular flexibility index (Phi) is 4.56. The van der Waals surface area contributed by atoms with Crippen molar-refractivity contribution in [2.24, 2.45) is 0 Å². The van der Waals surface area contributed by atoms with Gasteiger partial charge in [-0.2, -0.15) is 0 Å². The van der Waals surface area contributed by atoms with E-state index < -0.39 is 5.92 Å². The SMILES string of the molecule is CCc1nnc([C@@H]2C(=N)S/C(=C\c3cccc(Br)c3)C2=O)s1. The molecule has 0 bridgehead atoms. The minimum Gasteiger partial charge on any atom is -0.297 e. The Morgan fingerprint density at radius 1 is 1.41 bits per heavy atom. The zero-order valence-electron chi connectivity index (χ0n) is 11.7. The predicted octanol–water partition coefficient (Wildman–Crippen LogP) is 4.28. The number of ketones is 1. The molecule has 0 radical (unpaired) electrons. The van der Waals surface area contributed by atoms with E-state index in [0.717, 1.165) is 21.5 Å². The number of nitrogens with one attached hydrogen (secondary N) is 1. The molecule has 22 heavy (non-hydrogen) atoms. The number of rotatable bonds is 3. The number of aryl methyl sites for hydroxylation is 1. The molecule has 0 aliphatic carbocycles. The maximum atomic E-state index is 12.6. The Balaban J connectivity index is 1.91. The second-order valence-electron chi connectivity index (χ2n) is 4.71. The van der Waals surface area contributed by atoms with Gasteiger partial charge >= 0.3 is 0 Å². The number of aromatic nitrogens is 2. The highest BCUT2D eigenvalue weighted by molar-refractivity contribution is 9.10. The van der Waals surface area contributed by atoms with E-state index in [2.05, 4.69) is 26.1 Å². The smallest absolute Gasteiger partial charge is 0.186 e. The number of Topliss-reactive ketones (excluding diaryl/α,β-unsaturated/α-hetero) is 1. The van der Waals surface area contributed by atoms with Gasteiger partial charge in [0.05, 0.1) is 9.95 Å². The van der Waals surface area contributed by atoms with Crippen molar-refractivity contribution in [3.8, 4) is 0 Å². The van der Waals surface area contributed by atoms with E-state index in [1.807, 2.05) is 37.3 Å². The molecule has 1 atom stereocenters. The van der Waals surface area contributed by atoms with Crippen LogP contribution < -0.4 is 0 Å². The monoisotopic (exact) mass is 393 g/mol. The highest BCUT2D eigenvalue weighted by Gasteiger charge is 2.39. The zero-order chi connectivity index (χ0) is 15.7. The molecule has 1 aliphatic rings. The van der Waals surface area contributed by atoms with Crippen LogP contribution in [0.5, 0.6) is 0 Å². The lowest BCUT2D eigenvalue weighted by molar-refractivity contribution is -0.114.